The number of benzene rings is 1. The SMILES string of the molecule is CCc1[nH]c2c[n+](=O)ccn2c1C(=O)NCc1ccc(OC(F)(F)F)cc1. The Labute approximate surface area is 151 Å². The van der Waals surface area contributed by atoms with E-state index in [0.29, 0.717) is 33.4 Å². The zero-order valence-electron chi connectivity index (χ0n) is 14.2. The number of nitrogens with one attached hydrogen (secondary N) is 2. The molecule has 0 unspecified atom stereocenters. The maximum atomic E-state index is 12.6. The molecule has 1 aromatic carbocycles. The van der Waals surface area contributed by atoms with Gasteiger partial charge in [0.25, 0.3) is 12.1 Å². The molecule has 3 aromatic rings. The third-order valence-corrected chi connectivity index (χ3v) is 3.86. The Hall–Kier alpha value is -3.30. The van der Waals surface area contributed by atoms with E-state index in [9.17, 15) is 22.9 Å². The predicted octanol–water partition coefficient (Wildman–Crippen LogP) is 2.57. The van der Waals surface area contributed by atoms with Crippen molar-refractivity contribution < 1.29 is 27.1 Å². The lowest BCUT2D eigenvalue weighted by atomic mass is 10.2. The summed E-state index contributed by atoms with van der Waals surface area (Å²) in [6.07, 6.45) is -0.129. The summed E-state index contributed by atoms with van der Waals surface area (Å²) in [6, 6.07) is 5.23. The lowest BCUT2D eigenvalue weighted by Gasteiger charge is -2.10. The van der Waals surface area contributed by atoms with Crippen LogP contribution in [0.25, 0.3) is 5.65 Å². The van der Waals surface area contributed by atoms with Gasteiger partial charge in [-0.15, -0.1) is 13.2 Å². The van der Waals surface area contributed by atoms with Gasteiger partial charge in [0.05, 0.1) is 10.6 Å². The second-order valence-corrected chi connectivity index (χ2v) is 5.72. The second kappa shape index (κ2) is 7.14. The highest BCUT2D eigenvalue weighted by molar-refractivity contribution is 5.94. The monoisotopic (exact) mass is 381 g/mol. The van der Waals surface area contributed by atoms with Gasteiger partial charge < -0.3 is 15.0 Å². The van der Waals surface area contributed by atoms with Crippen LogP contribution in [0.15, 0.2) is 42.9 Å². The first-order chi connectivity index (χ1) is 12.8. The number of aryl methyl sites for hydroxylation is 1. The first-order valence-corrected chi connectivity index (χ1v) is 8.04. The van der Waals surface area contributed by atoms with Crippen molar-refractivity contribution in [1.29, 1.82) is 0 Å². The highest BCUT2D eigenvalue weighted by Gasteiger charge is 2.31. The first-order valence-electron chi connectivity index (χ1n) is 8.04. The third kappa shape index (κ3) is 4.27. The van der Waals surface area contributed by atoms with Crippen molar-refractivity contribution in [1.82, 2.24) is 14.7 Å². The van der Waals surface area contributed by atoms with Crippen LogP contribution < -0.4 is 14.5 Å². The minimum absolute atomic E-state index is 0.121. The maximum absolute atomic E-state index is 12.6. The first kappa shape index (κ1) is 18.5. The number of aromatic nitrogens is 3. The van der Waals surface area contributed by atoms with Crippen LogP contribution in [0.3, 0.4) is 0 Å². The van der Waals surface area contributed by atoms with Crippen LogP contribution >= 0.6 is 0 Å². The number of fused-ring (bicyclic) bond motifs is 1. The van der Waals surface area contributed by atoms with Gasteiger partial charge in [-0.2, -0.15) is 0 Å². The fourth-order valence-corrected chi connectivity index (χ4v) is 2.66. The standard InChI is InChI=1S/C17H15F3N4O3/c1-2-13-15(24-8-7-23(26)10-14(24)22-13)16(25)21-9-11-3-5-12(6-4-11)27-17(18,19)20/h3-8,10H,2,9H2,1H3,(H-,21,22,25,26)/p+1. The van der Waals surface area contributed by atoms with Gasteiger partial charge in [-0.3, -0.25) is 9.20 Å². The van der Waals surface area contributed by atoms with E-state index in [1.54, 1.807) is 4.40 Å². The fraction of sp³-hybridized carbons (Fsp3) is 0.235. The van der Waals surface area contributed by atoms with E-state index < -0.39 is 6.36 Å². The average molecular weight is 381 g/mol. The molecule has 0 aliphatic heterocycles. The van der Waals surface area contributed by atoms with Gasteiger partial charge in [-0.1, -0.05) is 19.1 Å². The molecule has 142 valence electrons. The molecule has 27 heavy (non-hydrogen) atoms. The number of carbonyl (C=O) groups excluding carboxylic acids is 1. The molecular formula is C17H16F3N4O3+. The number of H-pyrrole nitrogens is 1. The van der Waals surface area contributed by atoms with Crippen LogP contribution in [0.5, 0.6) is 5.75 Å². The molecule has 0 saturated carbocycles. The number of halogens is 3. The molecule has 0 fully saturated rings. The zero-order valence-corrected chi connectivity index (χ0v) is 14.2. The van der Waals surface area contributed by atoms with Gasteiger partial charge in [0, 0.05) is 17.1 Å². The number of hydrogen-bond acceptors (Lipinski definition) is 3. The van der Waals surface area contributed by atoms with Crippen molar-refractivity contribution >= 4 is 11.6 Å². The van der Waals surface area contributed by atoms with Crippen LogP contribution in [0.2, 0.25) is 0 Å². The van der Waals surface area contributed by atoms with Gasteiger partial charge in [0.2, 0.25) is 6.20 Å². The summed E-state index contributed by atoms with van der Waals surface area (Å²) in [5.41, 5.74) is 2.11. The number of hydrogen-bond donors (Lipinski definition) is 2. The van der Waals surface area contributed by atoms with Crippen LogP contribution in [-0.4, -0.2) is 21.7 Å². The molecule has 2 N–H and O–H groups in total. The van der Waals surface area contributed by atoms with E-state index in [4.69, 9.17) is 0 Å². The molecule has 0 saturated heterocycles. The molecule has 10 heteroatoms. The number of carbonyl (C=O) groups is 1. The zero-order chi connectivity index (χ0) is 19.6. The number of nitrogens with zero attached hydrogens (tertiary/aromatic N) is 2. The van der Waals surface area contributed by atoms with Gasteiger partial charge >= 0.3 is 6.36 Å². The van der Waals surface area contributed by atoms with Crippen LogP contribution in [0, 0.1) is 4.91 Å². The van der Waals surface area contributed by atoms with Gasteiger partial charge in [0.1, 0.15) is 11.4 Å². The predicted molar refractivity (Wildman–Crippen MR) is 88.8 cm³/mol. The Morgan fingerprint density at radius 1 is 1.30 bits per heavy atom. The van der Waals surface area contributed by atoms with Crippen LogP contribution in [0.4, 0.5) is 13.2 Å². The smallest absolute Gasteiger partial charge is 0.406 e. The van der Waals surface area contributed by atoms with Crippen LogP contribution in [0.1, 0.15) is 28.7 Å². The Bertz CT molecular complexity index is 1020. The summed E-state index contributed by atoms with van der Waals surface area (Å²) < 4.78 is 42.5. The quantitative estimate of drug-likeness (QED) is 0.667. The molecule has 0 spiro atoms. The molecule has 0 radical (unpaired) electrons. The molecule has 0 aliphatic carbocycles. The topological polar surface area (TPSA) is 81.5 Å². The molecule has 7 nitrogen and oxygen atoms in total. The summed E-state index contributed by atoms with van der Waals surface area (Å²) in [5, 5.41) is 2.72. The summed E-state index contributed by atoms with van der Waals surface area (Å²) >= 11 is 0. The lowest BCUT2D eigenvalue weighted by Crippen LogP contribution is -2.25. The van der Waals surface area contributed by atoms with E-state index >= 15 is 0 Å². The Balaban J connectivity index is 1.74. The van der Waals surface area contributed by atoms with E-state index in [-0.39, 0.29) is 18.2 Å². The van der Waals surface area contributed by atoms with Gasteiger partial charge in [-0.25, -0.2) is 0 Å². The Kier molecular flexibility index (Phi) is 4.89. The minimum atomic E-state index is -4.75. The van der Waals surface area contributed by atoms with Crippen molar-refractivity contribution in [3.8, 4) is 5.75 Å². The van der Waals surface area contributed by atoms with Crippen LogP contribution in [-0.2, 0) is 13.0 Å². The van der Waals surface area contributed by atoms with E-state index in [1.807, 2.05) is 6.92 Å². The van der Waals surface area contributed by atoms with Crippen molar-refractivity contribution in [3.05, 3.63) is 64.7 Å². The molecule has 0 bridgehead atoms. The highest BCUT2D eigenvalue weighted by atomic mass is 19.4. The van der Waals surface area contributed by atoms with Crippen molar-refractivity contribution in [2.75, 3.05) is 0 Å². The average Bonchev–Trinajstić information content (AvgIpc) is 2.97. The molecule has 2 heterocycles. The number of aromatic amines is 1. The van der Waals surface area contributed by atoms with Crippen molar-refractivity contribution in [2.24, 2.45) is 0 Å². The van der Waals surface area contributed by atoms with E-state index in [1.165, 1.54) is 42.9 Å². The summed E-state index contributed by atoms with van der Waals surface area (Å²) in [6.45, 7) is 1.99. The van der Waals surface area contributed by atoms with Crippen molar-refractivity contribution in [3.63, 3.8) is 0 Å². The number of imidazole rings is 1. The molecule has 0 atom stereocenters. The Morgan fingerprint density at radius 2 is 2.00 bits per heavy atom. The van der Waals surface area contributed by atoms with E-state index in [0.717, 1.165) is 0 Å². The lowest BCUT2D eigenvalue weighted by molar-refractivity contribution is -0.493. The largest absolute Gasteiger partial charge is 0.573 e. The minimum Gasteiger partial charge on any atom is -0.406 e. The normalized spacial score (nSPS) is 11.6. The summed E-state index contributed by atoms with van der Waals surface area (Å²) in [4.78, 5) is 27.0. The molecule has 1 amide bonds. The number of rotatable bonds is 5. The number of amides is 1. The molecule has 0 aliphatic rings. The maximum Gasteiger partial charge on any atom is 0.573 e. The second-order valence-electron chi connectivity index (χ2n) is 5.72. The number of ether oxygens (including phenoxy) is 1. The molecule has 3 rings (SSSR count). The summed E-state index contributed by atoms with van der Waals surface area (Å²) in [5.74, 6) is -0.702. The van der Waals surface area contributed by atoms with Gasteiger partial charge in [-0.05, 0) is 24.1 Å². The third-order valence-electron chi connectivity index (χ3n) is 3.86. The fourth-order valence-electron chi connectivity index (χ4n) is 2.66. The van der Waals surface area contributed by atoms with Gasteiger partial charge in [0.15, 0.2) is 5.65 Å². The van der Waals surface area contributed by atoms with E-state index in [2.05, 4.69) is 15.0 Å². The highest BCUT2D eigenvalue weighted by Crippen LogP contribution is 2.22. The Morgan fingerprint density at radius 3 is 2.63 bits per heavy atom. The van der Waals surface area contributed by atoms with Crippen molar-refractivity contribution in [2.45, 2.75) is 26.3 Å². The summed E-state index contributed by atoms with van der Waals surface area (Å²) in [7, 11) is 0. The number of alkyl halides is 3. The molecular weight excluding hydrogens is 365 g/mol. The molecule has 2 aromatic heterocycles.